The molecule has 44 heavy (non-hydrogen) atoms. The van der Waals surface area contributed by atoms with E-state index in [9.17, 15) is 9.59 Å². The first-order chi connectivity index (χ1) is 21.6. The zero-order valence-electron chi connectivity index (χ0n) is 24.9. The molecule has 1 saturated heterocycles. The van der Waals surface area contributed by atoms with Gasteiger partial charge in [0.15, 0.2) is 0 Å². The second-order valence-corrected chi connectivity index (χ2v) is 12.0. The van der Waals surface area contributed by atoms with Crippen molar-refractivity contribution in [2.75, 3.05) is 22.9 Å². The van der Waals surface area contributed by atoms with Crippen LogP contribution in [0.2, 0.25) is 0 Å². The SMILES string of the molecule is CCN(CC)c1ccc(N=CC23c4ccccc4C(c4ccccc42)[C@@H]2C(=O)N(c4cccc5ccccc45)C(=O)[C@@H]23)cc1. The van der Waals surface area contributed by atoms with E-state index in [2.05, 4.69) is 55.1 Å². The summed E-state index contributed by atoms with van der Waals surface area (Å²) in [5.41, 5.74) is 6.08. The van der Waals surface area contributed by atoms with Crippen molar-refractivity contribution in [3.8, 4) is 0 Å². The third kappa shape index (κ3) is 3.56. The molecule has 0 aromatic heterocycles. The average Bonchev–Trinajstić information content (AvgIpc) is 3.35. The van der Waals surface area contributed by atoms with Crippen molar-refractivity contribution >= 4 is 45.9 Å². The van der Waals surface area contributed by atoms with Gasteiger partial charge in [0.05, 0.1) is 28.6 Å². The van der Waals surface area contributed by atoms with Gasteiger partial charge in [-0.05, 0) is 71.8 Å². The van der Waals surface area contributed by atoms with Gasteiger partial charge in [-0.15, -0.1) is 0 Å². The molecule has 0 radical (unpaired) electrons. The number of fused-ring (bicyclic) bond motifs is 1. The van der Waals surface area contributed by atoms with Gasteiger partial charge in [0.2, 0.25) is 11.8 Å². The quantitative estimate of drug-likeness (QED) is 0.154. The Morgan fingerprint density at radius 3 is 2.02 bits per heavy atom. The number of aliphatic imine (C=N–C) groups is 1. The third-order valence-electron chi connectivity index (χ3n) is 10.1. The van der Waals surface area contributed by atoms with Crippen LogP contribution in [0.15, 0.2) is 120 Å². The van der Waals surface area contributed by atoms with E-state index in [0.717, 1.165) is 57.5 Å². The normalized spacial score (nSPS) is 23.2. The Morgan fingerprint density at radius 2 is 1.34 bits per heavy atom. The molecule has 0 saturated carbocycles. The highest BCUT2D eigenvalue weighted by Gasteiger charge is 2.68. The summed E-state index contributed by atoms with van der Waals surface area (Å²) in [5.74, 6) is -1.63. The largest absolute Gasteiger partial charge is 0.372 e. The summed E-state index contributed by atoms with van der Waals surface area (Å²) in [6.45, 7) is 6.18. The number of carbonyl (C=O) groups excluding carboxylic acids is 2. The summed E-state index contributed by atoms with van der Waals surface area (Å²) >= 11 is 0. The number of nitrogens with zero attached hydrogens (tertiary/aromatic N) is 3. The van der Waals surface area contributed by atoms with Crippen molar-refractivity contribution in [1.29, 1.82) is 0 Å². The van der Waals surface area contributed by atoms with Gasteiger partial charge >= 0.3 is 0 Å². The van der Waals surface area contributed by atoms with Crippen LogP contribution in [0.25, 0.3) is 10.8 Å². The predicted octanol–water partition coefficient (Wildman–Crippen LogP) is 7.64. The lowest BCUT2D eigenvalue weighted by molar-refractivity contribution is -0.122. The number of carbonyl (C=O) groups is 2. The fourth-order valence-corrected chi connectivity index (χ4v) is 8.21. The molecule has 5 aromatic carbocycles. The summed E-state index contributed by atoms with van der Waals surface area (Å²) in [4.78, 5) is 38.3. The molecule has 1 aliphatic heterocycles. The monoisotopic (exact) mass is 575 g/mol. The fraction of sp³-hybridized carbons (Fsp3) is 0.205. The minimum Gasteiger partial charge on any atom is -0.372 e. The van der Waals surface area contributed by atoms with Gasteiger partial charge in [0.1, 0.15) is 0 Å². The first kappa shape index (κ1) is 26.6. The standard InChI is InChI=1S/C39H33N3O2/c1-3-41(4-2)27-22-20-26(21-23-27)40-24-39-31-17-9-7-15-29(31)34(30-16-8-10-18-32(30)39)35-36(39)38(44)42(37(35)43)33-19-11-13-25-12-5-6-14-28(25)33/h5-24,34-36H,3-4H2,1-2H3/t34?,35-,36+,39?/m0/s1. The van der Waals surface area contributed by atoms with E-state index in [4.69, 9.17) is 4.99 Å². The number of imide groups is 1. The number of rotatable bonds is 6. The Labute approximate surface area is 257 Å². The van der Waals surface area contributed by atoms with Crippen LogP contribution in [0.3, 0.4) is 0 Å². The molecule has 0 N–H and O–H groups in total. The van der Waals surface area contributed by atoms with Crippen LogP contribution in [0.1, 0.15) is 42.0 Å². The highest BCUT2D eigenvalue weighted by molar-refractivity contribution is 6.27. The van der Waals surface area contributed by atoms with Gasteiger partial charge in [-0.3, -0.25) is 14.6 Å². The predicted molar refractivity (Wildman–Crippen MR) is 177 cm³/mol. The van der Waals surface area contributed by atoms with E-state index in [1.165, 1.54) is 4.90 Å². The zero-order chi connectivity index (χ0) is 30.0. The summed E-state index contributed by atoms with van der Waals surface area (Å²) in [5, 5.41) is 1.90. The molecule has 5 nitrogen and oxygen atoms in total. The van der Waals surface area contributed by atoms with E-state index in [1.54, 1.807) is 0 Å². The van der Waals surface area contributed by atoms with Crippen LogP contribution >= 0.6 is 0 Å². The maximum atomic E-state index is 14.8. The summed E-state index contributed by atoms with van der Waals surface area (Å²) in [7, 11) is 0. The zero-order valence-corrected chi connectivity index (χ0v) is 24.9. The van der Waals surface area contributed by atoms with Crippen molar-refractivity contribution in [2.24, 2.45) is 16.8 Å². The van der Waals surface area contributed by atoms with Crippen LogP contribution < -0.4 is 9.80 Å². The number of amides is 2. The van der Waals surface area contributed by atoms with Crippen LogP contribution in [0.5, 0.6) is 0 Å². The van der Waals surface area contributed by atoms with Crippen molar-refractivity contribution in [3.05, 3.63) is 138 Å². The average molecular weight is 576 g/mol. The number of hydrogen-bond acceptors (Lipinski definition) is 4. The van der Waals surface area contributed by atoms with E-state index >= 15 is 0 Å². The van der Waals surface area contributed by atoms with Crippen LogP contribution in [0.4, 0.5) is 17.1 Å². The first-order valence-corrected chi connectivity index (χ1v) is 15.5. The molecule has 1 fully saturated rings. The third-order valence-corrected chi connectivity index (χ3v) is 10.1. The van der Waals surface area contributed by atoms with Crippen molar-refractivity contribution in [2.45, 2.75) is 25.2 Å². The van der Waals surface area contributed by atoms with Gasteiger partial charge in [0, 0.05) is 36.3 Å². The summed E-state index contributed by atoms with van der Waals surface area (Å²) in [6.07, 6.45) is 1.97. The molecule has 2 atom stereocenters. The smallest absolute Gasteiger partial charge is 0.239 e. The maximum Gasteiger partial charge on any atom is 0.239 e. The molecule has 0 spiro atoms. The molecule has 0 unspecified atom stereocenters. The topological polar surface area (TPSA) is 53.0 Å². The Hall–Kier alpha value is -5.03. The highest BCUT2D eigenvalue weighted by atomic mass is 16.2. The van der Waals surface area contributed by atoms with E-state index < -0.39 is 17.3 Å². The van der Waals surface area contributed by atoms with Crippen LogP contribution in [-0.4, -0.2) is 31.1 Å². The van der Waals surface area contributed by atoms with E-state index in [1.807, 2.05) is 85.1 Å². The number of anilines is 2. The first-order valence-electron chi connectivity index (χ1n) is 15.5. The molecule has 1 heterocycles. The second-order valence-electron chi connectivity index (χ2n) is 12.0. The minimum atomic E-state index is -0.893. The molecule has 3 aliphatic carbocycles. The molecule has 4 aliphatic rings. The van der Waals surface area contributed by atoms with Crippen molar-refractivity contribution in [3.63, 3.8) is 0 Å². The Morgan fingerprint density at radius 1 is 0.727 bits per heavy atom. The maximum absolute atomic E-state index is 14.8. The Kier molecular flexibility index (Phi) is 6.05. The van der Waals surface area contributed by atoms with Crippen molar-refractivity contribution < 1.29 is 9.59 Å². The van der Waals surface area contributed by atoms with Crippen molar-refractivity contribution in [1.82, 2.24) is 0 Å². The number of benzene rings is 5. The molecule has 9 rings (SSSR count). The molecule has 2 amide bonds. The van der Waals surface area contributed by atoms with Crippen LogP contribution in [-0.2, 0) is 15.0 Å². The lowest BCUT2D eigenvalue weighted by atomic mass is 9.47. The summed E-state index contributed by atoms with van der Waals surface area (Å²) < 4.78 is 0. The molecule has 216 valence electrons. The fourth-order valence-electron chi connectivity index (χ4n) is 8.21. The molecular formula is C39H33N3O2. The number of hydrogen-bond donors (Lipinski definition) is 0. The lowest BCUT2D eigenvalue weighted by Gasteiger charge is -2.52. The Bertz CT molecular complexity index is 1920. The minimum absolute atomic E-state index is 0.133. The molecule has 5 heteroatoms. The van der Waals surface area contributed by atoms with Crippen LogP contribution in [0, 0.1) is 11.8 Å². The Balaban J connectivity index is 1.33. The van der Waals surface area contributed by atoms with Gasteiger partial charge in [0.25, 0.3) is 0 Å². The molecule has 2 bridgehead atoms. The molecule has 5 aromatic rings. The highest BCUT2D eigenvalue weighted by Crippen LogP contribution is 2.64. The lowest BCUT2D eigenvalue weighted by Crippen LogP contribution is -2.54. The summed E-state index contributed by atoms with van der Waals surface area (Å²) in [6, 6.07) is 38.7. The van der Waals surface area contributed by atoms with Gasteiger partial charge in [-0.25, -0.2) is 4.90 Å². The second kappa shape index (κ2) is 10.0. The van der Waals surface area contributed by atoms with E-state index in [0.29, 0.717) is 5.69 Å². The molecular weight excluding hydrogens is 542 g/mol. The van der Waals surface area contributed by atoms with Gasteiger partial charge < -0.3 is 4.90 Å². The van der Waals surface area contributed by atoms with Gasteiger partial charge in [-0.1, -0.05) is 84.9 Å². The van der Waals surface area contributed by atoms with E-state index in [-0.39, 0.29) is 17.7 Å². The van der Waals surface area contributed by atoms with Gasteiger partial charge in [-0.2, -0.15) is 0 Å².